The summed E-state index contributed by atoms with van der Waals surface area (Å²) in [5, 5.41) is 1.81. The summed E-state index contributed by atoms with van der Waals surface area (Å²) < 4.78 is 21.8. The highest BCUT2D eigenvalue weighted by Gasteiger charge is 2.13. The van der Waals surface area contributed by atoms with Crippen LogP contribution < -0.4 is 18.9 Å². The lowest BCUT2D eigenvalue weighted by Crippen LogP contribution is -2.00. The highest BCUT2D eigenvalue weighted by atomic mass is 16.5. The summed E-state index contributed by atoms with van der Waals surface area (Å²) in [7, 11) is 0. The van der Waals surface area contributed by atoms with Gasteiger partial charge in [-0.2, -0.15) is 0 Å². The van der Waals surface area contributed by atoms with E-state index in [4.69, 9.17) is 31.8 Å². The molecule has 0 aliphatic heterocycles. The Labute approximate surface area is 170 Å². The van der Waals surface area contributed by atoms with Crippen molar-refractivity contribution in [3.05, 3.63) is 53.9 Å². The first-order valence-electron chi connectivity index (χ1n) is 9.25. The number of hydrogen-bond acceptors (Lipinski definition) is 5. The monoisotopic (exact) mass is 387 g/mol. The average Bonchev–Trinajstić information content (AvgIpc) is 2.71. The molecule has 0 saturated heterocycles. The van der Waals surface area contributed by atoms with Gasteiger partial charge in [-0.15, -0.1) is 0 Å². The molecule has 2 aromatic carbocycles. The summed E-state index contributed by atoms with van der Waals surface area (Å²) in [6.45, 7) is 5.01. The van der Waals surface area contributed by atoms with E-state index in [1.54, 1.807) is 18.3 Å². The molecule has 29 heavy (non-hydrogen) atoms. The van der Waals surface area contributed by atoms with E-state index in [9.17, 15) is 0 Å². The van der Waals surface area contributed by atoms with Gasteiger partial charge in [0.15, 0.2) is 23.0 Å². The van der Waals surface area contributed by atoms with Crippen LogP contribution in [-0.2, 0) is 6.42 Å². The number of rotatable bonds is 8. The van der Waals surface area contributed by atoms with Crippen molar-refractivity contribution in [2.75, 3.05) is 13.2 Å². The summed E-state index contributed by atoms with van der Waals surface area (Å²) in [4.78, 5) is 4.55. The highest BCUT2D eigenvalue weighted by Crippen LogP contribution is 2.35. The van der Waals surface area contributed by atoms with Gasteiger partial charge in [0.1, 0.15) is 12.2 Å². The molecule has 0 N–H and O–H groups in total. The van der Waals surface area contributed by atoms with Crippen molar-refractivity contribution in [1.29, 1.82) is 0 Å². The third-order valence-electron chi connectivity index (χ3n) is 4.23. The number of fused-ring (bicyclic) bond motifs is 1. The van der Waals surface area contributed by atoms with Gasteiger partial charge >= 0.3 is 0 Å². The molecule has 3 aromatic rings. The summed E-state index contributed by atoms with van der Waals surface area (Å²) in [5.41, 5.74) is 1.91. The maximum atomic E-state index is 5.73. The zero-order valence-electron chi connectivity index (χ0n) is 16.4. The second-order valence-electron chi connectivity index (χ2n) is 6.04. The van der Waals surface area contributed by atoms with E-state index in [2.05, 4.69) is 17.2 Å². The predicted octanol–water partition coefficient (Wildman–Crippen LogP) is 4.56. The van der Waals surface area contributed by atoms with Crippen molar-refractivity contribution in [3.63, 3.8) is 0 Å². The maximum Gasteiger partial charge on any atom is 0.184 e. The Hall–Kier alpha value is -3.83. The summed E-state index contributed by atoms with van der Waals surface area (Å²) in [6, 6.07) is 11.4. The van der Waals surface area contributed by atoms with Crippen LogP contribution in [0.2, 0.25) is 0 Å². The SMILES string of the molecule is C#COc1cc2ccnc(Cc3ccc(OCC)c(OCC)c3)c2cc1OC#C. The van der Waals surface area contributed by atoms with E-state index in [0.29, 0.717) is 36.9 Å². The Morgan fingerprint density at radius 3 is 2.21 bits per heavy atom. The zero-order valence-corrected chi connectivity index (χ0v) is 16.4. The Morgan fingerprint density at radius 1 is 0.828 bits per heavy atom. The van der Waals surface area contributed by atoms with Crippen LogP contribution >= 0.6 is 0 Å². The Morgan fingerprint density at radius 2 is 1.52 bits per heavy atom. The smallest absolute Gasteiger partial charge is 0.184 e. The molecule has 0 radical (unpaired) electrons. The molecular formula is C24H21NO4. The van der Waals surface area contributed by atoms with E-state index < -0.39 is 0 Å². The van der Waals surface area contributed by atoms with Gasteiger partial charge in [-0.25, -0.2) is 0 Å². The Balaban J connectivity index is 2.02. The minimum Gasteiger partial charge on any atom is -0.490 e. The average molecular weight is 387 g/mol. The molecule has 0 aliphatic carbocycles. The molecule has 0 spiro atoms. The summed E-state index contributed by atoms with van der Waals surface area (Å²) in [5.74, 6) is 2.20. The topological polar surface area (TPSA) is 49.8 Å². The quantitative estimate of drug-likeness (QED) is 0.530. The second-order valence-corrected chi connectivity index (χ2v) is 6.04. The van der Waals surface area contributed by atoms with E-state index in [0.717, 1.165) is 27.8 Å². The normalized spacial score (nSPS) is 10.1. The molecule has 0 saturated carbocycles. The molecule has 3 rings (SSSR count). The number of ether oxygens (including phenoxy) is 4. The first-order valence-corrected chi connectivity index (χ1v) is 9.25. The molecule has 0 unspecified atom stereocenters. The number of pyridine rings is 1. The minimum atomic E-state index is 0.369. The van der Waals surface area contributed by atoms with Gasteiger partial charge in [0, 0.05) is 18.0 Å². The van der Waals surface area contributed by atoms with Gasteiger partial charge in [0.25, 0.3) is 0 Å². The third-order valence-corrected chi connectivity index (χ3v) is 4.23. The van der Waals surface area contributed by atoms with Gasteiger partial charge in [-0.3, -0.25) is 4.98 Å². The molecule has 0 bridgehead atoms. The molecule has 1 heterocycles. The van der Waals surface area contributed by atoms with Crippen molar-refractivity contribution in [2.24, 2.45) is 0 Å². The molecular weight excluding hydrogens is 366 g/mol. The van der Waals surface area contributed by atoms with Crippen LogP contribution in [0, 0.1) is 25.1 Å². The van der Waals surface area contributed by atoms with Crippen LogP contribution in [0.3, 0.4) is 0 Å². The molecule has 0 fully saturated rings. The Bertz CT molecular complexity index is 1090. The fraction of sp³-hybridized carbons (Fsp3) is 0.208. The largest absolute Gasteiger partial charge is 0.490 e. The standard InChI is InChI=1S/C24H21NO4/c1-5-26-21-10-9-17(14-22(21)27-6-2)13-20-19-16-24(29-8-4)23(28-7-3)15-18(19)11-12-25-20/h3-4,9-12,14-16H,5-6,13H2,1-2H3. The maximum absolute atomic E-state index is 5.73. The van der Waals surface area contributed by atoms with Crippen LogP contribution in [-0.4, -0.2) is 18.2 Å². The lowest BCUT2D eigenvalue weighted by Gasteiger charge is -2.13. The fourth-order valence-electron chi connectivity index (χ4n) is 3.07. The zero-order chi connectivity index (χ0) is 20.6. The molecule has 0 atom stereocenters. The van der Waals surface area contributed by atoms with Gasteiger partial charge in [-0.05, 0) is 55.1 Å². The summed E-state index contributed by atoms with van der Waals surface area (Å²) in [6.07, 6.45) is 17.2. The molecule has 0 amide bonds. The van der Waals surface area contributed by atoms with Crippen LogP contribution in [0.15, 0.2) is 42.6 Å². The van der Waals surface area contributed by atoms with Crippen molar-refractivity contribution in [1.82, 2.24) is 4.98 Å². The lowest BCUT2D eigenvalue weighted by molar-refractivity contribution is 0.287. The van der Waals surface area contributed by atoms with E-state index in [1.807, 2.05) is 38.1 Å². The van der Waals surface area contributed by atoms with E-state index in [-0.39, 0.29) is 0 Å². The van der Waals surface area contributed by atoms with Gasteiger partial charge in [0.2, 0.25) is 0 Å². The van der Waals surface area contributed by atoms with Crippen molar-refractivity contribution in [2.45, 2.75) is 20.3 Å². The van der Waals surface area contributed by atoms with Crippen LogP contribution in [0.25, 0.3) is 10.8 Å². The van der Waals surface area contributed by atoms with Crippen LogP contribution in [0.1, 0.15) is 25.1 Å². The first kappa shape index (κ1) is 19.9. The van der Waals surface area contributed by atoms with Gasteiger partial charge < -0.3 is 18.9 Å². The number of aromatic nitrogens is 1. The molecule has 1 aromatic heterocycles. The van der Waals surface area contributed by atoms with Crippen molar-refractivity contribution < 1.29 is 18.9 Å². The van der Waals surface area contributed by atoms with E-state index in [1.165, 1.54) is 0 Å². The fourth-order valence-corrected chi connectivity index (χ4v) is 3.07. The number of nitrogens with zero attached hydrogens (tertiary/aromatic N) is 1. The van der Waals surface area contributed by atoms with Gasteiger partial charge in [0.05, 0.1) is 18.9 Å². The molecule has 0 aliphatic rings. The Kier molecular flexibility index (Phi) is 6.45. The van der Waals surface area contributed by atoms with Crippen LogP contribution in [0.4, 0.5) is 0 Å². The lowest BCUT2D eigenvalue weighted by atomic mass is 10.0. The van der Waals surface area contributed by atoms with Gasteiger partial charge in [-0.1, -0.05) is 18.9 Å². The minimum absolute atomic E-state index is 0.369. The van der Waals surface area contributed by atoms with E-state index >= 15 is 0 Å². The number of terminal acetylenes is 2. The molecule has 146 valence electrons. The van der Waals surface area contributed by atoms with Crippen molar-refractivity contribution in [3.8, 4) is 48.1 Å². The first-order chi connectivity index (χ1) is 14.2. The predicted molar refractivity (Wildman–Crippen MR) is 112 cm³/mol. The number of benzene rings is 2. The molecule has 5 heteroatoms. The third kappa shape index (κ3) is 4.54. The van der Waals surface area contributed by atoms with Crippen LogP contribution in [0.5, 0.6) is 23.0 Å². The number of hydrogen-bond donors (Lipinski definition) is 0. The molecule has 5 nitrogen and oxygen atoms in total. The second kappa shape index (κ2) is 9.39. The highest BCUT2D eigenvalue weighted by molar-refractivity contribution is 5.88. The summed E-state index contributed by atoms with van der Waals surface area (Å²) >= 11 is 0. The van der Waals surface area contributed by atoms with Crippen molar-refractivity contribution >= 4 is 10.8 Å².